The van der Waals surface area contributed by atoms with Crippen LogP contribution in [-0.2, 0) is 16.6 Å². The summed E-state index contributed by atoms with van der Waals surface area (Å²) < 4.78 is 69.2. The van der Waals surface area contributed by atoms with E-state index in [1.54, 1.807) is 13.0 Å². The molecule has 1 N–H and O–H groups in total. The number of hydrogen-bond donors (Lipinski definition) is 1. The lowest BCUT2D eigenvalue weighted by molar-refractivity contribution is -0.154. The van der Waals surface area contributed by atoms with E-state index in [1.807, 2.05) is 0 Å². The first kappa shape index (κ1) is 19.7. The van der Waals surface area contributed by atoms with E-state index in [1.165, 1.54) is 30.5 Å². The molecule has 0 amide bonds. The number of aryl methyl sites for hydroxylation is 1. The minimum absolute atomic E-state index is 0.0508. The van der Waals surface area contributed by atoms with Crippen molar-refractivity contribution < 1.29 is 26.3 Å². The Balaban J connectivity index is 2.13. The predicted molar refractivity (Wildman–Crippen MR) is 88.7 cm³/mol. The highest BCUT2D eigenvalue weighted by Crippen LogP contribution is 2.22. The fourth-order valence-corrected chi connectivity index (χ4v) is 3.22. The molecule has 0 saturated carbocycles. The summed E-state index contributed by atoms with van der Waals surface area (Å²) in [5, 5.41) is 0. The van der Waals surface area contributed by atoms with Gasteiger partial charge in [-0.2, -0.15) is 13.2 Å². The largest absolute Gasteiger partial charge is 0.468 e. The summed E-state index contributed by atoms with van der Waals surface area (Å²) in [6.07, 6.45) is -3.25. The number of benzene rings is 1. The fraction of sp³-hybridized carbons (Fsp3) is 0.267. The first-order chi connectivity index (χ1) is 11.6. The van der Waals surface area contributed by atoms with E-state index >= 15 is 0 Å². The van der Waals surface area contributed by atoms with Crippen LogP contribution in [0.15, 0.2) is 45.9 Å². The van der Waals surface area contributed by atoms with Gasteiger partial charge in [0, 0.05) is 22.8 Å². The molecule has 0 spiro atoms. The van der Waals surface area contributed by atoms with Crippen molar-refractivity contribution in [1.82, 2.24) is 9.71 Å². The number of nitrogens with zero attached hydrogens (tertiary/aromatic N) is 1. The molecule has 1 heterocycles. The van der Waals surface area contributed by atoms with Gasteiger partial charge in [0.2, 0.25) is 15.9 Å². The lowest BCUT2D eigenvalue weighted by atomic mass is 10.2. The molecule has 1 aromatic carbocycles. The van der Waals surface area contributed by atoms with Crippen LogP contribution in [0.4, 0.5) is 13.2 Å². The SMILES string of the molecule is Cc1cc(S(=O)(=O)NCc2cccnc2OCC(F)(F)F)ccc1Br. The van der Waals surface area contributed by atoms with Crippen LogP contribution >= 0.6 is 15.9 Å². The zero-order chi connectivity index (χ0) is 18.7. The summed E-state index contributed by atoms with van der Waals surface area (Å²) in [5.74, 6) is -0.269. The van der Waals surface area contributed by atoms with Crippen LogP contribution in [0.3, 0.4) is 0 Å². The number of halogens is 4. The molecule has 2 rings (SSSR count). The third kappa shape index (κ3) is 5.68. The van der Waals surface area contributed by atoms with Gasteiger partial charge < -0.3 is 4.74 Å². The maximum atomic E-state index is 12.3. The summed E-state index contributed by atoms with van der Waals surface area (Å²) in [6, 6.07) is 7.42. The van der Waals surface area contributed by atoms with Gasteiger partial charge in [0.15, 0.2) is 6.61 Å². The molecule has 1 aromatic heterocycles. The van der Waals surface area contributed by atoms with E-state index < -0.39 is 22.8 Å². The van der Waals surface area contributed by atoms with E-state index in [0.29, 0.717) is 0 Å². The van der Waals surface area contributed by atoms with E-state index in [4.69, 9.17) is 0 Å². The standard InChI is InChI=1S/C15H14BrF3N2O3S/c1-10-7-12(4-5-13(10)16)25(22,23)21-8-11-3-2-6-20-14(11)24-9-15(17,18)19/h2-7,21H,8-9H2,1H3. The Hall–Kier alpha value is -1.65. The van der Waals surface area contributed by atoms with Gasteiger partial charge in [-0.1, -0.05) is 22.0 Å². The third-order valence-electron chi connectivity index (χ3n) is 3.11. The van der Waals surface area contributed by atoms with E-state index in [0.717, 1.165) is 10.0 Å². The van der Waals surface area contributed by atoms with Gasteiger partial charge in [0.25, 0.3) is 0 Å². The Kier molecular flexibility index (Phi) is 6.07. The molecule has 5 nitrogen and oxygen atoms in total. The van der Waals surface area contributed by atoms with Crippen LogP contribution in [0, 0.1) is 6.92 Å². The topological polar surface area (TPSA) is 68.3 Å². The maximum Gasteiger partial charge on any atom is 0.422 e. The van der Waals surface area contributed by atoms with Crippen molar-refractivity contribution in [1.29, 1.82) is 0 Å². The van der Waals surface area contributed by atoms with Crippen molar-refractivity contribution in [3.63, 3.8) is 0 Å². The average Bonchev–Trinajstić information content (AvgIpc) is 2.53. The lowest BCUT2D eigenvalue weighted by Gasteiger charge is -2.13. The van der Waals surface area contributed by atoms with Crippen LogP contribution in [0.1, 0.15) is 11.1 Å². The Labute approximate surface area is 151 Å². The van der Waals surface area contributed by atoms with Gasteiger partial charge in [0.1, 0.15) is 0 Å². The summed E-state index contributed by atoms with van der Waals surface area (Å²) in [6.45, 7) is -0.0125. The molecule has 0 aliphatic heterocycles. The number of nitrogens with one attached hydrogen (secondary N) is 1. The van der Waals surface area contributed by atoms with Gasteiger partial charge in [0.05, 0.1) is 4.90 Å². The number of ether oxygens (including phenoxy) is 1. The number of pyridine rings is 1. The van der Waals surface area contributed by atoms with Crippen LogP contribution in [0.25, 0.3) is 0 Å². The minimum Gasteiger partial charge on any atom is -0.468 e. The van der Waals surface area contributed by atoms with Gasteiger partial charge in [-0.05, 0) is 36.8 Å². The monoisotopic (exact) mass is 438 g/mol. The van der Waals surface area contributed by atoms with Crippen molar-refractivity contribution in [3.05, 3.63) is 52.1 Å². The predicted octanol–water partition coefficient (Wildman–Crippen LogP) is 3.57. The summed E-state index contributed by atoms with van der Waals surface area (Å²) >= 11 is 3.28. The first-order valence-corrected chi connectivity index (χ1v) is 9.25. The van der Waals surface area contributed by atoms with Crippen molar-refractivity contribution in [2.24, 2.45) is 0 Å². The number of hydrogen-bond acceptors (Lipinski definition) is 4. The quantitative estimate of drug-likeness (QED) is 0.748. The molecular weight excluding hydrogens is 425 g/mol. The Bertz CT molecular complexity index is 857. The molecule has 0 atom stereocenters. The lowest BCUT2D eigenvalue weighted by Crippen LogP contribution is -2.25. The zero-order valence-corrected chi connectivity index (χ0v) is 15.4. The van der Waals surface area contributed by atoms with Crippen molar-refractivity contribution in [2.75, 3.05) is 6.61 Å². The fourth-order valence-electron chi connectivity index (χ4n) is 1.88. The molecule has 10 heteroatoms. The summed E-state index contributed by atoms with van der Waals surface area (Å²) in [5.41, 5.74) is 0.933. The molecular formula is C15H14BrF3N2O3S. The van der Waals surface area contributed by atoms with Gasteiger partial charge in [-0.3, -0.25) is 0 Å². The Morgan fingerprint density at radius 1 is 1.28 bits per heavy atom. The Morgan fingerprint density at radius 3 is 2.64 bits per heavy atom. The molecule has 0 saturated heterocycles. The third-order valence-corrected chi connectivity index (χ3v) is 5.40. The van der Waals surface area contributed by atoms with Crippen LogP contribution < -0.4 is 9.46 Å². The molecule has 0 unspecified atom stereocenters. The first-order valence-electron chi connectivity index (χ1n) is 6.98. The average molecular weight is 439 g/mol. The van der Waals surface area contributed by atoms with Crippen molar-refractivity contribution in [3.8, 4) is 5.88 Å². The second-order valence-electron chi connectivity index (χ2n) is 5.11. The Morgan fingerprint density at radius 2 is 2.00 bits per heavy atom. The molecule has 0 radical (unpaired) electrons. The highest BCUT2D eigenvalue weighted by molar-refractivity contribution is 9.10. The smallest absolute Gasteiger partial charge is 0.422 e. The van der Waals surface area contributed by atoms with Gasteiger partial charge >= 0.3 is 6.18 Å². The summed E-state index contributed by atoms with van der Waals surface area (Å²) in [4.78, 5) is 3.77. The molecule has 136 valence electrons. The zero-order valence-electron chi connectivity index (χ0n) is 13.0. The number of sulfonamides is 1. The van der Waals surface area contributed by atoms with Crippen LogP contribution in [0.5, 0.6) is 5.88 Å². The summed E-state index contributed by atoms with van der Waals surface area (Å²) in [7, 11) is -3.83. The highest BCUT2D eigenvalue weighted by atomic mass is 79.9. The molecule has 25 heavy (non-hydrogen) atoms. The van der Waals surface area contributed by atoms with E-state index in [9.17, 15) is 21.6 Å². The number of rotatable bonds is 6. The molecule has 0 bridgehead atoms. The van der Waals surface area contributed by atoms with E-state index in [2.05, 4.69) is 30.4 Å². The van der Waals surface area contributed by atoms with E-state index in [-0.39, 0.29) is 22.9 Å². The van der Waals surface area contributed by atoms with Crippen LogP contribution in [0.2, 0.25) is 0 Å². The van der Waals surface area contributed by atoms with Gasteiger partial charge in [-0.25, -0.2) is 18.1 Å². The normalized spacial score (nSPS) is 12.2. The minimum atomic E-state index is -4.51. The maximum absolute atomic E-state index is 12.3. The molecule has 0 aliphatic carbocycles. The van der Waals surface area contributed by atoms with Gasteiger partial charge in [-0.15, -0.1) is 0 Å². The molecule has 0 fully saturated rings. The van der Waals surface area contributed by atoms with Crippen molar-refractivity contribution >= 4 is 26.0 Å². The second-order valence-corrected chi connectivity index (χ2v) is 7.73. The molecule has 2 aromatic rings. The second kappa shape index (κ2) is 7.71. The van der Waals surface area contributed by atoms with Crippen LogP contribution in [-0.4, -0.2) is 26.2 Å². The number of alkyl halides is 3. The number of aromatic nitrogens is 1. The molecule has 0 aliphatic rings. The highest BCUT2D eigenvalue weighted by Gasteiger charge is 2.29. The van der Waals surface area contributed by atoms with Crippen molar-refractivity contribution in [2.45, 2.75) is 24.5 Å².